The van der Waals surface area contributed by atoms with Gasteiger partial charge < -0.3 is 23.8 Å². The average Bonchev–Trinajstić information content (AvgIpc) is 3.20. The Labute approximate surface area is 321 Å². The monoisotopic (exact) mass is 736 g/mol. The van der Waals surface area contributed by atoms with Gasteiger partial charge in [0.1, 0.15) is 6.54 Å². The van der Waals surface area contributed by atoms with Crippen LogP contribution >= 0.6 is 0 Å². The lowest BCUT2D eigenvalue weighted by molar-refractivity contribution is -0.143. The van der Waals surface area contributed by atoms with Gasteiger partial charge in [-0.2, -0.15) is 0 Å². The van der Waals surface area contributed by atoms with Crippen LogP contribution in [-0.2, 0) is 32.2 Å². The van der Waals surface area contributed by atoms with Crippen LogP contribution in [0, 0.1) is 5.92 Å². The van der Waals surface area contributed by atoms with E-state index in [1.807, 2.05) is 35.5 Å². The molecular weight excluding hydrogens is 677 g/mol. The Morgan fingerprint density at radius 1 is 0.815 bits per heavy atom. The number of carbonyl (C=O) groups is 2. The van der Waals surface area contributed by atoms with Crippen LogP contribution in [0.1, 0.15) is 102 Å². The minimum absolute atomic E-state index is 0.0638. The largest absolute Gasteiger partial charge is 0.465 e. The standard InChI is InChI=1S/C45H60N4O5/c1-2-54-44(51)35-48-34-40(26-27-43(48)50)49(45(52)39-24-20-28-47(33-39)42-32-46-31-38-23-16-17-25-41(38)42)29-18-11-9-7-5-3-4-6-8-10-12-19-30-53-36-37-21-14-13-15-22-37/h13-17,21-23,25-27,31-32,34,39H,2-12,18-20,24,28-30,33,35-36H2,1H3/t39-/m0/s1. The average molecular weight is 737 g/mol. The quantitative estimate of drug-likeness (QED) is 0.0554. The molecule has 0 aliphatic carbocycles. The Balaban J connectivity index is 1.06. The van der Waals surface area contributed by atoms with E-state index in [-0.39, 0.29) is 30.5 Å². The van der Waals surface area contributed by atoms with Gasteiger partial charge in [0, 0.05) is 55.5 Å². The molecule has 9 heteroatoms. The molecule has 1 aliphatic heterocycles. The first-order valence-corrected chi connectivity index (χ1v) is 20.4. The fraction of sp³-hybridized carbons (Fsp3) is 0.511. The van der Waals surface area contributed by atoms with Crippen LogP contribution in [0.4, 0.5) is 11.4 Å². The summed E-state index contributed by atoms with van der Waals surface area (Å²) < 4.78 is 12.3. The molecule has 5 rings (SSSR count). The number of hydrogen-bond acceptors (Lipinski definition) is 7. The van der Waals surface area contributed by atoms with Crippen molar-refractivity contribution in [1.29, 1.82) is 0 Å². The van der Waals surface area contributed by atoms with Crippen LogP contribution in [0.5, 0.6) is 0 Å². The summed E-state index contributed by atoms with van der Waals surface area (Å²) in [6, 6.07) is 21.8. The van der Waals surface area contributed by atoms with Crippen LogP contribution in [0.2, 0.25) is 0 Å². The van der Waals surface area contributed by atoms with Gasteiger partial charge in [-0.3, -0.25) is 19.4 Å². The maximum absolute atomic E-state index is 14.4. The van der Waals surface area contributed by atoms with Crippen molar-refractivity contribution in [2.45, 2.75) is 110 Å². The number of fused-ring (bicyclic) bond motifs is 1. The van der Waals surface area contributed by atoms with Crippen molar-refractivity contribution >= 4 is 34.0 Å². The van der Waals surface area contributed by atoms with Gasteiger partial charge in [0.2, 0.25) is 5.91 Å². The zero-order valence-corrected chi connectivity index (χ0v) is 32.3. The van der Waals surface area contributed by atoms with Crippen molar-refractivity contribution in [2.24, 2.45) is 5.92 Å². The molecule has 4 aromatic rings. The number of unbranched alkanes of at least 4 members (excludes halogenated alkanes) is 11. The summed E-state index contributed by atoms with van der Waals surface area (Å²) in [5.74, 6) is -0.605. The van der Waals surface area contributed by atoms with E-state index >= 15 is 0 Å². The molecule has 1 saturated heterocycles. The van der Waals surface area contributed by atoms with Crippen molar-refractivity contribution in [1.82, 2.24) is 9.55 Å². The third-order valence-corrected chi connectivity index (χ3v) is 10.4. The minimum Gasteiger partial charge on any atom is -0.465 e. The number of rotatable bonds is 23. The van der Waals surface area contributed by atoms with Gasteiger partial charge in [-0.05, 0) is 44.2 Å². The third-order valence-electron chi connectivity index (χ3n) is 10.4. The predicted molar refractivity (Wildman–Crippen MR) is 218 cm³/mol. The van der Waals surface area contributed by atoms with Crippen molar-refractivity contribution < 1.29 is 19.1 Å². The van der Waals surface area contributed by atoms with E-state index < -0.39 is 5.97 Å². The summed E-state index contributed by atoms with van der Waals surface area (Å²) in [5, 5.41) is 2.22. The number of amides is 1. The molecule has 290 valence electrons. The number of pyridine rings is 2. The highest BCUT2D eigenvalue weighted by Crippen LogP contribution is 2.31. The van der Waals surface area contributed by atoms with Gasteiger partial charge in [-0.25, -0.2) is 0 Å². The Morgan fingerprint density at radius 2 is 1.50 bits per heavy atom. The molecule has 0 saturated carbocycles. The molecule has 1 fully saturated rings. The zero-order valence-electron chi connectivity index (χ0n) is 32.3. The first-order valence-electron chi connectivity index (χ1n) is 20.4. The number of aromatic nitrogens is 2. The molecule has 0 N–H and O–H groups in total. The van der Waals surface area contributed by atoms with Crippen LogP contribution in [0.3, 0.4) is 0 Å². The van der Waals surface area contributed by atoms with Crippen molar-refractivity contribution in [2.75, 3.05) is 42.6 Å². The molecule has 2 aromatic heterocycles. The minimum atomic E-state index is -0.471. The maximum Gasteiger partial charge on any atom is 0.326 e. The Morgan fingerprint density at radius 3 is 2.24 bits per heavy atom. The van der Waals surface area contributed by atoms with E-state index in [1.165, 1.54) is 67.6 Å². The van der Waals surface area contributed by atoms with E-state index in [4.69, 9.17) is 9.47 Å². The third kappa shape index (κ3) is 12.8. The lowest BCUT2D eigenvalue weighted by atomic mass is 9.95. The highest BCUT2D eigenvalue weighted by molar-refractivity contribution is 5.96. The second kappa shape index (κ2) is 22.7. The molecule has 1 atom stereocenters. The van der Waals surface area contributed by atoms with Crippen molar-refractivity contribution in [3.8, 4) is 0 Å². The predicted octanol–water partition coefficient (Wildman–Crippen LogP) is 9.11. The SMILES string of the molecule is CCOC(=O)Cn1cc(N(CCCCCCCCCCCCCCOCc2ccccc2)C(=O)[C@H]2CCCN(c3cncc4ccccc34)C2)ccc1=O. The molecule has 9 nitrogen and oxygen atoms in total. The van der Waals surface area contributed by atoms with E-state index in [1.54, 1.807) is 19.2 Å². The Kier molecular flexibility index (Phi) is 17.1. The van der Waals surface area contributed by atoms with Gasteiger partial charge in [0.15, 0.2) is 0 Å². The summed E-state index contributed by atoms with van der Waals surface area (Å²) in [4.78, 5) is 48.0. The number of ether oxygens (including phenoxy) is 2. The number of piperidine rings is 1. The second-order valence-electron chi connectivity index (χ2n) is 14.6. The summed E-state index contributed by atoms with van der Waals surface area (Å²) in [5.41, 5.74) is 2.64. The molecule has 3 heterocycles. The topological polar surface area (TPSA) is 94.0 Å². The number of anilines is 2. The molecule has 54 heavy (non-hydrogen) atoms. The molecule has 1 amide bonds. The summed E-state index contributed by atoms with van der Waals surface area (Å²) in [7, 11) is 0. The van der Waals surface area contributed by atoms with E-state index in [0.29, 0.717) is 25.4 Å². The summed E-state index contributed by atoms with van der Waals surface area (Å²) in [6.45, 7) is 5.40. The van der Waals surface area contributed by atoms with Crippen LogP contribution in [-0.4, -0.2) is 54.3 Å². The fourth-order valence-corrected chi connectivity index (χ4v) is 7.49. The number of benzene rings is 2. The normalized spacial score (nSPS) is 14.3. The number of esters is 1. The number of nitrogens with zero attached hydrogens (tertiary/aromatic N) is 4. The number of hydrogen-bond donors (Lipinski definition) is 0. The second-order valence-corrected chi connectivity index (χ2v) is 14.6. The first kappa shape index (κ1) is 40.7. The molecule has 1 aliphatic rings. The highest BCUT2D eigenvalue weighted by Gasteiger charge is 2.31. The molecular formula is C45H60N4O5. The van der Waals surface area contributed by atoms with E-state index in [9.17, 15) is 14.4 Å². The molecule has 0 radical (unpaired) electrons. The molecule has 0 spiro atoms. The molecule has 0 bridgehead atoms. The van der Waals surface area contributed by atoms with E-state index in [0.717, 1.165) is 68.1 Å². The van der Waals surface area contributed by atoms with Crippen LogP contribution in [0.25, 0.3) is 10.8 Å². The molecule has 0 unspecified atom stereocenters. The lowest BCUT2D eigenvalue weighted by Crippen LogP contribution is -2.45. The smallest absolute Gasteiger partial charge is 0.326 e. The van der Waals surface area contributed by atoms with E-state index in [2.05, 4.69) is 46.3 Å². The summed E-state index contributed by atoms with van der Waals surface area (Å²) >= 11 is 0. The molecule has 2 aromatic carbocycles. The lowest BCUT2D eigenvalue weighted by Gasteiger charge is -2.36. The van der Waals surface area contributed by atoms with Gasteiger partial charge >= 0.3 is 5.97 Å². The van der Waals surface area contributed by atoms with Gasteiger partial charge in [-0.15, -0.1) is 0 Å². The Hall–Kier alpha value is -4.50. The van der Waals surface area contributed by atoms with Crippen molar-refractivity contribution in [3.05, 3.63) is 101 Å². The maximum atomic E-state index is 14.4. The Bertz CT molecular complexity index is 1770. The summed E-state index contributed by atoms with van der Waals surface area (Å²) in [6.07, 6.45) is 21.5. The fourth-order valence-electron chi connectivity index (χ4n) is 7.49. The highest BCUT2D eigenvalue weighted by atomic mass is 16.5. The van der Waals surface area contributed by atoms with Gasteiger partial charge in [-0.1, -0.05) is 119 Å². The van der Waals surface area contributed by atoms with Gasteiger partial charge in [0.25, 0.3) is 5.56 Å². The first-order chi connectivity index (χ1) is 26.5. The number of carbonyl (C=O) groups excluding carboxylic acids is 2. The van der Waals surface area contributed by atoms with Gasteiger partial charge in [0.05, 0.1) is 36.7 Å². The van der Waals surface area contributed by atoms with Crippen LogP contribution < -0.4 is 15.4 Å². The zero-order chi connectivity index (χ0) is 37.8. The van der Waals surface area contributed by atoms with Crippen molar-refractivity contribution in [3.63, 3.8) is 0 Å². The van der Waals surface area contributed by atoms with Crippen LogP contribution in [0.15, 0.2) is 90.1 Å².